The van der Waals surface area contributed by atoms with Crippen molar-refractivity contribution in [3.8, 4) is 17.0 Å². The van der Waals surface area contributed by atoms with Gasteiger partial charge >= 0.3 is 0 Å². The predicted molar refractivity (Wildman–Crippen MR) is 108 cm³/mol. The fraction of sp³-hybridized carbons (Fsp3) is 0.200. The van der Waals surface area contributed by atoms with Crippen LogP contribution in [0, 0.1) is 5.82 Å². The number of ether oxygens (including phenoxy) is 1. The van der Waals surface area contributed by atoms with Gasteiger partial charge in [0, 0.05) is 15.4 Å². The van der Waals surface area contributed by atoms with Crippen molar-refractivity contribution in [3.05, 3.63) is 63.7 Å². The largest absolute Gasteiger partial charge is 0.496 e. The van der Waals surface area contributed by atoms with Crippen LogP contribution >= 0.6 is 27.3 Å². The first-order valence-electron chi connectivity index (χ1n) is 8.39. The molecule has 1 fully saturated rings. The zero-order chi connectivity index (χ0) is 19.0. The first-order valence-corrected chi connectivity index (χ1v) is 10.1. The summed E-state index contributed by atoms with van der Waals surface area (Å²) in [4.78, 5) is 17.3. The summed E-state index contributed by atoms with van der Waals surface area (Å²) >= 11 is 4.73. The van der Waals surface area contributed by atoms with Crippen LogP contribution in [0.15, 0.2) is 52.3 Å². The molecule has 27 heavy (non-hydrogen) atoms. The summed E-state index contributed by atoms with van der Waals surface area (Å²) in [5, 5.41) is 5.20. The van der Waals surface area contributed by atoms with Crippen LogP contribution in [0.3, 0.4) is 0 Å². The first-order chi connectivity index (χ1) is 13.0. The third-order valence-corrected chi connectivity index (χ3v) is 6.03. The second-order valence-electron chi connectivity index (χ2n) is 6.43. The Morgan fingerprint density at radius 3 is 2.67 bits per heavy atom. The highest BCUT2D eigenvalue weighted by Crippen LogP contribution is 2.49. The number of hydrogen-bond acceptors (Lipinski definition) is 4. The zero-order valence-electron chi connectivity index (χ0n) is 14.5. The molecule has 138 valence electrons. The Hall–Kier alpha value is -2.25. The molecule has 0 saturated heterocycles. The lowest BCUT2D eigenvalue weighted by Gasteiger charge is -2.14. The van der Waals surface area contributed by atoms with Crippen molar-refractivity contribution in [1.29, 1.82) is 0 Å². The van der Waals surface area contributed by atoms with Crippen molar-refractivity contribution >= 4 is 38.3 Å². The molecule has 1 N–H and O–H groups in total. The number of nitrogens with zero attached hydrogens (tertiary/aromatic N) is 1. The lowest BCUT2D eigenvalue weighted by atomic mass is 9.95. The summed E-state index contributed by atoms with van der Waals surface area (Å²) in [6, 6.07) is 12.1. The molecule has 0 unspecified atom stereocenters. The van der Waals surface area contributed by atoms with E-state index < -0.39 is 5.41 Å². The molecule has 1 aliphatic carbocycles. The van der Waals surface area contributed by atoms with Gasteiger partial charge in [-0.25, -0.2) is 9.37 Å². The Morgan fingerprint density at radius 2 is 2.00 bits per heavy atom. The van der Waals surface area contributed by atoms with Crippen molar-refractivity contribution in [2.45, 2.75) is 18.3 Å². The lowest BCUT2D eigenvalue weighted by Crippen LogP contribution is -2.27. The van der Waals surface area contributed by atoms with E-state index in [2.05, 4.69) is 26.2 Å². The first kappa shape index (κ1) is 18.1. The van der Waals surface area contributed by atoms with Gasteiger partial charge in [-0.05, 0) is 48.7 Å². The van der Waals surface area contributed by atoms with E-state index in [1.165, 1.54) is 30.6 Å². The third kappa shape index (κ3) is 3.49. The highest BCUT2D eigenvalue weighted by atomic mass is 79.9. The van der Waals surface area contributed by atoms with Crippen LogP contribution in [0.1, 0.15) is 18.4 Å². The number of amides is 1. The fourth-order valence-electron chi connectivity index (χ4n) is 3.09. The minimum atomic E-state index is -0.483. The van der Waals surface area contributed by atoms with Crippen LogP contribution in [0.25, 0.3) is 11.3 Å². The molecule has 1 aliphatic rings. The van der Waals surface area contributed by atoms with Gasteiger partial charge in [-0.15, -0.1) is 11.3 Å². The summed E-state index contributed by atoms with van der Waals surface area (Å²) in [6.45, 7) is 0. The number of halogens is 2. The van der Waals surface area contributed by atoms with Gasteiger partial charge in [0.25, 0.3) is 0 Å². The maximum atomic E-state index is 13.6. The van der Waals surface area contributed by atoms with E-state index in [1.54, 1.807) is 11.4 Å². The topological polar surface area (TPSA) is 51.2 Å². The van der Waals surface area contributed by atoms with Gasteiger partial charge in [-0.1, -0.05) is 28.1 Å². The van der Waals surface area contributed by atoms with Gasteiger partial charge in [0.05, 0.1) is 18.2 Å². The number of carbonyl (C=O) groups is 1. The van der Waals surface area contributed by atoms with Crippen molar-refractivity contribution in [3.63, 3.8) is 0 Å². The molecule has 1 saturated carbocycles. The number of nitrogens with one attached hydrogen (secondary N) is 1. The molecule has 0 aliphatic heterocycles. The fourth-order valence-corrected chi connectivity index (χ4v) is 4.06. The molecule has 3 aromatic rings. The lowest BCUT2D eigenvalue weighted by molar-refractivity contribution is -0.118. The standard InChI is InChI=1S/C20H16BrFN2O2S/c1-26-17-7-6-14(22)10-15(17)16-11-27-19(23-16)24-18(25)20(8-9-20)12-2-4-13(21)5-3-12/h2-7,10-11H,8-9H2,1H3,(H,23,24,25). The van der Waals surface area contributed by atoms with Crippen molar-refractivity contribution in [1.82, 2.24) is 4.98 Å². The smallest absolute Gasteiger partial charge is 0.236 e. The summed E-state index contributed by atoms with van der Waals surface area (Å²) in [7, 11) is 1.53. The normalized spacial score (nSPS) is 14.6. The summed E-state index contributed by atoms with van der Waals surface area (Å²) in [6.07, 6.45) is 1.63. The zero-order valence-corrected chi connectivity index (χ0v) is 16.9. The van der Waals surface area contributed by atoms with Gasteiger partial charge in [-0.3, -0.25) is 4.79 Å². The number of rotatable bonds is 5. The summed E-state index contributed by atoms with van der Waals surface area (Å²) in [5.41, 5.74) is 1.65. The molecule has 2 aromatic carbocycles. The SMILES string of the molecule is COc1ccc(F)cc1-c1csc(NC(=O)C2(c3ccc(Br)cc3)CC2)n1. The highest BCUT2D eigenvalue weighted by Gasteiger charge is 2.51. The Balaban J connectivity index is 1.56. The second kappa shape index (κ2) is 7.05. The molecule has 4 nitrogen and oxygen atoms in total. The van der Waals surface area contributed by atoms with Crippen LogP contribution < -0.4 is 10.1 Å². The van der Waals surface area contributed by atoms with E-state index >= 15 is 0 Å². The van der Waals surface area contributed by atoms with Crippen LogP contribution in [0.4, 0.5) is 9.52 Å². The number of thiazole rings is 1. The van der Waals surface area contributed by atoms with Crippen molar-refractivity contribution < 1.29 is 13.9 Å². The number of benzene rings is 2. The maximum absolute atomic E-state index is 13.6. The van der Waals surface area contributed by atoms with E-state index in [4.69, 9.17) is 4.74 Å². The monoisotopic (exact) mass is 446 g/mol. The molecule has 1 heterocycles. The van der Waals surface area contributed by atoms with Crippen molar-refractivity contribution in [2.24, 2.45) is 0 Å². The molecule has 4 rings (SSSR count). The molecule has 0 bridgehead atoms. The van der Waals surface area contributed by atoms with Gasteiger partial charge < -0.3 is 10.1 Å². The Morgan fingerprint density at radius 1 is 1.26 bits per heavy atom. The van der Waals surface area contributed by atoms with Gasteiger partial charge in [-0.2, -0.15) is 0 Å². The van der Waals surface area contributed by atoms with Crippen molar-refractivity contribution in [2.75, 3.05) is 12.4 Å². The number of carbonyl (C=O) groups excluding carboxylic acids is 1. The third-order valence-electron chi connectivity index (χ3n) is 4.74. The van der Waals surface area contributed by atoms with Crippen LogP contribution in [-0.2, 0) is 10.2 Å². The molecule has 0 atom stereocenters. The van der Waals surface area contributed by atoms with Crippen LogP contribution in [-0.4, -0.2) is 18.0 Å². The number of anilines is 1. The van der Waals surface area contributed by atoms with E-state index in [-0.39, 0.29) is 11.7 Å². The van der Waals surface area contributed by atoms with Gasteiger partial charge in [0.15, 0.2) is 5.13 Å². The number of methoxy groups -OCH3 is 1. The number of aromatic nitrogens is 1. The van der Waals surface area contributed by atoms with Gasteiger partial charge in [0.1, 0.15) is 11.6 Å². The van der Waals surface area contributed by atoms with Gasteiger partial charge in [0.2, 0.25) is 5.91 Å². The van der Waals surface area contributed by atoms with E-state index in [0.29, 0.717) is 22.1 Å². The van der Waals surface area contributed by atoms with Crippen LogP contribution in [0.5, 0.6) is 5.75 Å². The Labute approximate surface area is 168 Å². The van der Waals surface area contributed by atoms with E-state index in [9.17, 15) is 9.18 Å². The molecular formula is C20H16BrFN2O2S. The minimum absolute atomic E-state index is 0.0584. The average molecular weight is 447 g/mol. The van der Waals surface area contributed by atoms with Crippen LogP contribution in [0.2, 0.25) is 0 Å². The quantitative estimate of drug-likeness (QED) is 0.571. The van der Waals surface area contributed by atoms with E-state index in [1.807, 2.05) is 24.3 Å². The van der Waals surface area contributed by atoms with E-state index in [0.717, 1.165) is 22.9 Å². The predicted octanol–water partition coefficient (Wildman–Crippen LogP) is 5.39. The Bertz CT molecular complexity index is 999. The highest BCUT2D eigenvalue weighted by molar-refractivity contribution is 9.10. The summed E-state index contributed by atoms with van der Waals surface area (Å²) < 4.78 is 19.9. The molecule has 0 spiro atoms. The minimum Gasteiger partial charge on any atom is -0.496 e. The molecule has 7 heteroatoms. The summed E-state index contributed by atoms with van der Waals surface area (Å²) in [5.74, 6) is 0.113. The second-order valence-corrected chi connectivity index (χ2v) is 8.20. The number of hydrogen-bond donors (Lipinski definition) is 1. The molecule has 0 radical (unpaired) electrons. The molecular weight excluding hydrogens is 431 g/mol. The maximum Gasteiger partial charge on any atom is 0.236 e. The molecule has 1 amide bonds. The molecule has 1 aromatic heterocycles. The Kier molecular flexibility index (Phi) is 4.74. The average Bonchev–Trinajstić information content (AvgIpc) is 3.35.